The first-order chi connectivity index (χ1) is 11.9. The van der Waals surface area contributed by atoms with Crippen molar-refractivity contribution in [1.82, 2.24) is 5.32 Å². The van der Waals surface area contributed by atoms with Crippen molar-refractivity contribution in [3.63, 3.8) is 0 Å². The number of nitrogens with one attached hydrogen (secondary N) is 1. The van der Waals surface area contributed by atoms with Gasteiger partial charge in [0.2, 0.25) is 0 Å². The quantitative estimate of drug-likeness (QED) is 0.791. The van der Waals surface area contributed by atoms with E-state index >= 15 is 0 Å². The van der Waals surface area contributed by atoms with E-state index in [0.29, 0.717) is 12.1 Å². The van der Waals surface area contributed by atoms with E-state index < -0.39 is 12.1 Å². The van der Waals surface area contributed by atoms with Crippen LogP contribution in [0, 0.1) is 6.92 Å². The molecule has 0 saturated carbocycles. The molecule has 0 aliphatic rings. The lowest BCUT2D eigenvalue weighted by Crippen LogP contribution is -2.37. The summed E-state index contributed by atoms with van der Waals surface area (Å²) in [7, 11) is 0. The van der Waals surface area contributed by atoms with Gasteiger partial charge in [-0.1, -0.05) is 49.4 Å². The van der Waals surface area contributed by atoms with Gasteiger partial charge in [0.15, 0.2) is 6.10 Å². The van der Waals surface area contributed by atoms with Gasteiger partial charge in [0.1, 0.15) is 11.3 Å². The van der Waals surface area contributed by atoms with E-state index in [9.17, 15) is 14.7 Å². The second-order valence-electron chi connectivity index (χ2n) is 6.08. The number of carbonyl (C=O) groups excluding carboxylic acids is 2. The fourth-order valence-corrected chi connectivity index (χ4v) is 2.40. The molecule has 2 aromatic carbocycles. The van der Waals surface area contributed by atoms with Crippen LogP contribution in [0.15, 0.2) is 48.5 Å². The Morgan fingerprint density at radius 1 is 1.08 bits per heavy atom. The van der Waals surface area contributed by atoms with Crippen molar-refractivity contribution in [2.45, 2.75) is 32.8 Å². The molecule has 0 heterocycles. The number of phenolic OH excluding ortho intramolecular Hbond substituents is 1. The highest BCUT2D eigenvalue weighted by molar-refractivity contribution is 5.94. The molecule has 2 N–H and O–H groups in total. The van der Waals surface area contributed by atoms with Crippen molar-refractivity contribution < 1.29 is 19.4 Å². The number of aromatic hydroxyl groups is 1. The van der Waals surface area contributed by atoms with E-state index in [1.807, 2.05) is 37.3 Å². The highest BCUT2D eigenvalue weighted by atomic mass is 16.5. The zero-order valence-electron chi connectivity index (χ0n) is 14.7. The van der Waals surface area contributed by atoms with Gasteiger partial charge >= 0.3 is 5.97 Å². The Bertz CT molecular complexity index is 743. The van der Waals surface area contributed by atoms with Crippen LogP contribution < -0.4 is 5.32 Å². The monoisotopic (exact) mass is 341 g/mol. The lowest BCUT2D eigenvalue weighted by atomic mass is 10.0. The van der Waals surface area contributed by atoms with E-state index in [1.165, 1.54) is 13.0 Å². The van der Waals surface area contributed by atoms with E-state index in [0.717, 1.165) is 5.56 Å². The number of rotatable bonds is 6. The molecule has 0 aliphatic heterocycles. The van der Waals surface area contributed by atoms with E-state index in [-0.39, 0.29) is 23.1 Å². The Kier molecular flexibility index (Phi) is 6.17. The number of ether oxygens (including phenoxy) is 1. The SMILES string of the molecule is Cc1cccc(C(=O)O[C@@H](C)C(=O)NC[C@H](C)c2ccccc2)c1O. The zero-order valence-corrected chi connectivity index (χ0v) is 14.7. The number of aryl methyl sites for hydroxylation is 1. The van der Waals surface area contributed by atoms with Crippen LogP contribution in [0.25, 0.3) is 0 Å². The van der Waals surface area contributed by atoms with Crippen LogP contribution >= 0.6 is 0 Å². The van der Waals surface area contributed by atoms with E-state index in [4.69, 9.17) is 4.74 Å². The van der Waals surface area contributed by atoms with Crippen LogP contribution in [0.1, 0.15) is 41.3 Å². The van der Waals surface area contributed by atoms with Gasteiger partial charge in [-0.3, -0.25) is 4.79 Å². The normalized spacial score (nSPS) is 12.9. The lowest BCUT2D eigenvalue weighted by Gasteiger charge is -2.17. The number of hydrogen-bond donors (Lipinski definition) is 2. The van der Waals surface area contributed by atoms with Gasteiger partial charge in [-0.05, 0) is 37.0 Å². The number of benzene rings is 2. The Hall–Kier alpha value is -2.82. The maximum Gasteiger partial charge on any atom is 0.342 e. The van der Waals surface area contributed by atoms with Gasteiger partial charge in [-0.2, -0.15) is 0 Å². The van der Waals surface area contributed by atoms with Gasteiger partial charge in [-0.15, -0.1) is 0 Å². The number of phenols is 1. The molecule has 0 aromatic heterocycles. The molecule has 2 atom stereocenters. The molecule has 132 valence electrons. The minimum absolute atomic E-state index is 0.0531. The molecule has 0 unspecified atom stereocenters. The van der Waals surface area contributed by atoms with Gasteiger partial charge in [-0.25, -0.2) is 4.79 Å². The maximum absolute atomic E-state index is 12.1. The summed E-state index contributed by atoms with van der Waals surface area (Å²) in [5, 5.41) is 12.7. The molecule has 0 saturated heterocycles. The second-order valence-corrected chi connectivity index (χ2v) is 6.08. The first-order valence-electron chi connectivity index (χ1n) is 8.22. The summed E-state index contributed by atoms with van der Waals surface area (Å²) in [4.78, 5) is 24.3. The van der Waals surface area contributed by atoms with Crippen molar-refractivity contribution in [2.75, 3.05) is 6.54 Å². The minimum Gasteiger partial charge on any atom is -0.507 e. The largest absolute Gasteiger partial charge is 0.507 e. The molecule has 5 heteroatoms. The van der Waals surface area contributed by atoms with Crippen LogP contribution in [0.2, 0.25) is 0 Å². The van der Waals surface area contributed by atoms with Crippen LogP contribution in [0.4, 0.5) is 0 Å². The third kappa shape index (κ3) is 4.83. The molecule has 0 bridgehead atoms. The Morgan fingerprint density at radius 3 is 2.44 bits per heavy atom. The molecular weight excluding hydrogens is 318 g/mol. The van der Waals surface area contributed by atoms with Crippen molar-refractivity contribution in [2.24, 2.45) is 0 Å². The molecule has 0 spiro atoms. The van der Waals surface area contributed by atoms with Gasteiger partial charge in [0.05, 0.1) is 0 Å². The fourth-order valence-electron chi connectivity index (χ4n) is 2.40. The number of para-hydroxylation sites is 1. The van der Waals surface area contributed by atoms with Crippen LogP contribution in [0.5, 0.6) is 5.75 Å². The maximum atomic E-state index is 12.1. The van der Waals surface area contributed by atoms with Gasteiger partial charge < -0.3 is 15.2 Å². The Balaban J connectivity index is 1.89. The molecule has 2 aromatic rings. The highest BCUT2D eigenvalue weighted by Crippen LogP contribution is 2.22. The Morgan fingerprint density at radius 2 is 1.76 bits per heavy atom. The summed E-state index contributed by atoms with van der Waals surface area (Å²) in [6.45, 7) is 5.65. The zero-order chi connectivity index (χ0) is 18.4. The van der Waals surface area contributed by atoms with E-state index in [1.54, 1.807) is 19.1 Å². The molecule has 1 amide bonds. The van der Waals surface area contributed by atoms with Crippen molar-refractivity contribution in [1.29, 1.82) is 0 Å². The average Bonchev–Trinajstić information content (AvgIpc) is 2.62. The summed E-state index contributed by atoms with van der Waals surface area (Å²) >= 11 is 0. The van der Waals surface area contributed by atoms with Crippen LogP contribution in [-0.2, 0) is 9.53 Å². The summed E-state index contributed by atoms with van der Waals surface area (Å²) in [5.41, 5.74) is 1.75. The lowest BCUT2D eigenvalue weighted by molar-refractivity contribution is -0.129. The van der Waals surface area contributed by atoms with Crippen LogP contribution in [0.3, 0.4) is 0 Å². The third-order valence-corrected chi connectivity index (χ3v) is 4.06. The summed E-state index contributed by atoms with van der Waals surface area (Å²) < 4.78 is 5.16. The second kappa shape index (κ2) is 8.33. The number of hydrogen-bond acceptors (Lipinski definition) is 4. The molecule has 0 aliphatic carbocycles. The van der Waals surface area contributed by atoms with Crippen molar-refractivity contribution >= 4 is 11.9 Å². The number of amides is 1. The number of carbonyl (C=O) groups is 2. The van der Waals surface area contributed by atoms with Crippen molar-refractivity contribution in [3.05, 3.63) is 65.2 Å². The summed E-state index contributed by atoms with van der Waals surface area (Å²) in [6, 6.07) is 14.6. The van der Waals surface area contributed by atoms with E-state index in [2.05, 4.69) is 5.32 Å². The molecule has 25 heavy (non-hydrogen) atoms. The topological polar surface area (TPSA) is 75.6 Å². The van der Waals surface area contributed by atoms with Crippen molar-refractivity contribution in [3.8, 4) is 5.75 Å². The molecular formula is C20H23NO4. The third-order valence-electron chi connectivity index (χ3n) is 4.06. The average molecular weight is 341 g/mol. The fraction of sp³-hybridized carbons (Fsp3) is 0.300. The standard InChI is InChI=1S/C20H23NO4/c1-13-8-7-11-17(18(13)22)20(24)25-15(3)19(23)21-12-14(2)16-9-5-4-6-10-16/h4-11,14-15,22H,12H2,1-3H3,(H,21,23)/t14-,15-/m0/s1. The first-order valence-corrected chi connectivity index (χ1v) is 8.22. The van der Waals surface area contributed by atoms with Gasteiger partial charge in [0.25, 0.3) is 5.91 Å². The minimum atomic E-state index is -0.949. The predicted molar refractivity (Wildman–Crippen MR) is 95.6 cm³/mol. The smallest absolute Gasteiger partial charge is 0.342 e. The molecule has 0 fully saturated rings. The molecule has 2 rings (SSSR count). The predicted octanol–water partition coefficient (Wildman–Crippen LogP) is 3.17. The Labute approximate surface area is 147 Å². The molecule has 0 radical (unpaired) electrons. The van der Waals surface area contributed by atoms with Gasteiger partial charge in [0, 0.05) is 6.54 Å². The molecule has 5 nitrogen and oxygen atoms in total. The summed E-state index contributed by atoms with van der Waals surface area (Å²) in [6.07, 6.45) is -0.949. The van der Waals surface area contributed by atoms with Crippen LogP contribution in [-0.4, -0.2) is 29.6 Å². The summed E-state index contributed by atoms with van der Waals surface area (Å²) in [5.74, 6) is -1.07. The number of esters is 1. The first kappa shape index (κ1) is 18.5. The highest BCUT2D eigenvalue weighted by Gasteiger charge is 2.21.